The van der Waals surface area contributed by atoms with Gasteiger partial charge in [0.05, 0.1) is 0 Å². The quantitative estimate of drug-likeness (QED) is 0.256. The van der Waals surface area contributed by atoms with Crippen LogP contribution in [0.15, 0.2) is 23.8 Å². The van der Waals surface area contributed by atoms with Crippen LogP contribution in [0.4, 0.5) is 0 Å². The molecule has 2 rings (SSSR count). The summed E-state index contributed by atoms with van der Waals surface area (Å²) in [6.07, 6.45) is 15.1. The summed E-state index contributed by atoms with van der Waals surface area (Å²) < 4.78 is 22.4. The zero-order valence-corrected chi connectivity index (χ0v) is 20.3. The first-order chi connectivity index (χ1) is 14.1. The maximum absolute atomic E-state index is 11.7. The Morgan fingerprint density at radius 1 is 1.27 bits per heavy atom. The fourth-order valence-electron chi connectivity index (χ4n) is 5.22. The number of rotatable bonds is 10. The second kappa shape index (κ2) is 11.3. The van der Waals surface area contributed by atoms with Gasteiger partial charge in [-0.05, 0) is 74.5 Å². The van der Waals surface area contributed by atoms with Crippen molar-refractivity contribution < 1.29 is 13.2 Å². The van der Waals surface area contributed by atoms with Gasteiger partial charge in [-0.3, -0.25) is 4.79 Å². The highest BCUT2D eigenvalue weighted by atomic mass is 32.2. The van der Waals surface area contributed by atoms with Crippen molar-refractivity contribution >= 4 is 15.6 Å². The fraction of sp³-hybridized carbons (Fsp3) is 0.731. The van der Waals surface area contributed by atoms with Crippen LogP contribution in [0.1, 0.15) is 72.6 Å². The maximum Gasteiger partial charge on any atom is 0.154 e. The van der Waals surface area contributed by atoms with Gasteiger partial charge in [0.15, 0.2) is 9.84 Å². The lowest BCUT2D eigenvalue weighted by Gasteiger charge is -2.20. The molecule has 0 bridgehead atoms. The molecule has 0 amide bonds. The lowest BCUT2D eigenvalue weighted by molar-refractivity contribution is -0.116. The Labute approximate surface area is 184 Å². The SMILES string of the molecule is CC#CCC(C)[C@H](C)/C=C/[C@@H]1[C@H]2C/C(=C/CCCC(=O)CS(C)(=O)=O)C[C@H]2C[C@H]1C. The predicted octanol–water partition coefficient (Wildman–Crippen LogP) is 5.62. The monoisotopic (exact) mass is 432 g/mol. The van der Waals surface area contributed by atoms with Gasteiger partial charge in [0.25, 0.3) is 0 Å². The molecular formula is C26H40O3S. The highest BCUT2D eigenvalue weighted by Gasteiger charge is 2.43. The number of hydrogen-bond donors (Lipinski definition) is 0. The number of hydrogen-bond acceptors (Lipinski definition) is 3. The van der Waals surface area contributed by atoms with Crippen molar-refractivity contribution in [3.05, 3.63) is 23.8 Å². The Morgan fingerprint density at radius 3 is 2.67 bits per heavy atom. The van der Waals surface area contributed by atoms with Gasteiger partial charge in [0.2, 0.25) is 0 Å². The van der Waals surface area contributed by atoms with Gasteiger partial charge in [-0.1, -0.05) is 44.6 Å². The zero-order chi connectivity index (χ0) is 22.3. The summed E-state index contributed by atoms with van der Waals surface area (Å²) >= 11 is 0. The van der Waals surface area contributed by atoms with Crippen LogP contribution in [-0.4, -0.2) is 26.2 Å². The summed E-state index contributed by atoms with van der Waals surface area (Å²) in [6.45, 7) is 8.91. The average Bonchev–Trinajstić information content (AvgIpc) is 3.16. The topological polar surface area (TPSA) is 51.2 Å². The average molecular weight is 433 g/mol. The second-order valence-corrected chi connectivity index (χ2v) is 12.0. The van der Waals surface area contributed by atoms with Crippen LogP contribution in [0, 0.1) is 47.3 Å². The van der Waals surface area contributed by atoms with Gasteiger partial charge in [-0.25, -0.2) is 8.42 Å². The first-order valence-electron chi connectivity index (χ1n) is 11.6. The van der Waals surface area contributed by atoms with E-state index in [2.05, 4.69) is 50.8 Å². The Morgan fingerprint density at radius 2 is 2.00 bits per heavy atom. The van der Waals surface area contributed by atoms with E-state index >= 15 is 0 Å². The van der Waals surface area contributed by atoms with Gasteiger partial charge in [-0.2, -0.15) is 0 Å². The molecule has 4 heteroatoms. The molecule has 6 atom stereocenters. The van der Waals surface area contributed by atoms with E-state index in [9.17, 15) is 13.2 Å². The van der Waals surface area contributed by atoms with Gasteiger partial charge in [0, 0.05) is 19.1 Å². The smallest absolute Gasteiger partial charge is 0.154 e. The Balaban J connectivity index is 1.84. The molecule has 30 heavy (non-hydrogen) atoms. The van der Waals surface area contributed by atoms with Crippen LogP contribution in [0.5, 0.6) is 0 Å². The van der Waals surface area contributed by atoms with E-state index in [0.29, 0.717) is 24.2 Å². The summed E-state index contributed by atoms with van der Waals surface area (Å²) in [5.74, 6) is 9.86. The van der Waals surface area contributed by atoms with E-state index in [1.165, 1.54) is 19.3 Å². The van der Waals surface area contributed by atoms with Crippen molar-refractivity contribution in [1.82, 2.24) is 0 Å². The molecule has 0 saturated heterocycles. The van der Waals surface area contributed by atoms with Crippen molar-refractivity contribution in [2.24, 2.45) is 35.5 Å². The van der Waals surface area contributed by atoms with Crippen LogP contribution < -0.4 is 0 Å². The summed E-state index contributed by atoms with van der Waals surface area (Å²) in [5, 5.41) is 0. The van der Waals surface area contributed by atoms with E-state index in [4.69, 9.17) is 0 Å². The summed E-state index contributed by atoms with van der Waals surface area (Å²) in [7, 11) is -3.20. The van der Waals surface area contributed by atoms with Crippen LogP contribution >= 0.6 is 0 Å². The molecule has 2 fully saturated rings. The molecule has 2 aliphatic rings. The van der Waals surface area contributed by atoms with Crippen LogP contribution in [0.3, 0.4) is 0 Å². The zero-order valence-electron chi connectivity index (χ0n) is 19.5. The molecule has 2 saturated carbocycles. The number of ketones is 1. The molecule has 3 nitrogen and oxygen atoms in total. The van der Waals surface area contributed by atoms with Gasteiger partial charge in [0.1, 0.15) is 11.5 Å². The fourth-order valence-corrected chi connectivity index (χ4v) is 5.95. The number of allylic oxidation sites excluding steroid dienone is 4. The molecule has 0 aromatic carbocycles. The number of unbranched alkanes of at least 4 members (excludes halogenated alkanes) is 1. The standard InChI is InChI=1S/C26H40O3S/c1-6-7-10-19(2)20(3)13-14-25-21(4)15-23-16-22(17-26(23)25)11-8-9-12-24(27)18-30(5,28)29/h11,13-14,19-21,23,25-26H,8-10,12,15-18H2,1-5H3/b14-13+,22-11+/t19?,20-,21-,23-,25+,26+/m1/s1. The Bertz CT molecular complexity index is 809. The third-order valence-electron chi connectivity index (χ3n) is 7.10. The van der Waals surface area contributed by atoms with Crippen molar-refractivity contribution in [3.8, 4) is 11.8 Å². The lowest BCUT2D eigenvalue weighted by Crippen LogP contribution is -2.13. The molecule has 1 unspecified atom stereocenters. The third kappa shape index (κ3) is 7.73. The van der Waals surface area contributed by atoms with Crippen LogP contribution in [-0.2, 0) is 14.6 Å². The largest absolute Gasteiger partial charge is 0.299 e. The maximum atomic E-state index is 11.7. The minimum atomic E-state index is -3.20. The minimum Gasteiger partial charge on any atom is -0.299 e. The van der Waals surface area contributed by atoms with E-state index < -0.39 is 9.84 Å². The van der Waals surface area contributed by atoms with Crippen LogP contribution in [0.2, 0.25) is 0 Å². The summed E-state index contributed by atoms with van der Waals surface area (Å²) in [4.78, 5) is 11.7. The third-order valence-corrected chi connectivity index (χ3v) is 7.95. The molecule has 0 spiro atoms. The molecule has 0 heterocycles. The number of Topliss-reactive ketones (excluding diaryl/α,β-unsaturated/α-hetero) is 1. The molecule has 0 aromatic rings. The number of fused-ring (bicyclic) bond motifs is 1. The number of carbonyl (C=O) groups is 1. The highest BCUT2D eigenvalue weighted by molar-refractivity contribution is 7.91. The minimum absolute atomic E-state index is 0.161. The molecule has 0 aromatic heterocycles. The molecule has 2 aliphatic carbocycles. The Kier molecular flexibility index (Phi) is 9.41. The van der Waals surface area contributed by atoms with E-state index in [-0.39, 0.29) is 11.5 Å². The summed E-state index contributed by atoms with van der Waals surface area (Å²) in [6, 6.07) is 0. The van der Waals surface area contributed by atoms with Gasteiger partial charge >= 0.3 is 0 Å². The summed E-state index contributed by atoms with van der Waals surface area (Å²) in [5.41, 5.74) is 1.55. The molecular weight excluding hydrogens is 392 g/mol. The van der Waals surface area contributed by atoms with E-state index in [1.807, 2.05) is 6.92 Å². The van der Waals surface area contributed by atoms with Crippen molar-refractivity contribution in [3.63, 3.8) is 0 Å². The number of sulfone groups is 1. The van der Waals surface area contributed by atoms with Crippen LogP contribution in [0.25, 0.3) is 0 Å². The molecule has 0 N–H and O–H groups in total. The van der Waals surface area contributed by atoms with Crippen molar-refractivity contribution in [1.29, 1.82) is 0 Å². The van der Waals surface area contributed by atoms with Gasteiger partial charge in [-0.15, -0.1) is 11.8 Å². The van der Waals surface area contributed by atoms with Crippen molar-refractivity contribution in [2.75, 3.05) is 12.0 Å². The molecule has 0 aliphatic heterocycles. The van der Waals surface area contributed by atoms with Crippen molar-refractivity contribution in [2.45, 2.75) is 72.6 Å². The van der Waals surface area contributed by atoms with E-state index in [1.54, 1.807) is 5.57 Å². The Hall–Kier alpha value is -1.34. The first kappa shape index (κ1) is 24.9. The first-order valence-corrected chi connectivity index (χ1v) is 13.6. The highest BCUT2D eigenvalue weighted by Crippen LogP contribution is 2.53. The lowest BCUT2D eigenvalue weighted by atomic mass is 9.85. The van der Waals surface area contributed by atoms with Gasteiger partial charge < -0.3 is 0 Å². The van der Waals surface area contributed by atoms with E-state index in [0.717, 1.165) is 43.3 Å². The number of carbonyl (C=O) groups excluding carboxylic acids is 1. The normalized spacial score (nSPS) is 29.6. The second-order valence-electron chi connectivity index (χ2n) is 9.84. The molecule has 0 radical (unpaired) electrons. The molecule has 168 valence electrons. The predicted molar refractivity (Wildman–Crippen MR) is 126 cm³/mol.